The molecule has 4 heteroatoms. The fourth-order valence-electron chi connectivity index (χ4n) is 0.388. The third-order valence-electron chi connectivity index (χ3n) is 1.25. The average molecular weight is 184 g/mol. The highest BCUT2D eigenvalue weighted by Gasteiger charge is 2.12. The van der Waals surface area contributed by atoms with Crippen LogP contribution in [0.3, 0.4) is 0 Å². The first-order valence-corrected chi connectivity index (χ1v) is 5.00. The largest absolute Gasteiger partial charge is 0.386 e. The van der Waals surface area contributed by atoms with Crippen LogP contribution in [-0.4, -0.2) is 22.2 Å². The Labute approximate surface area is 74.5 Å². The molecular formula is C8H12O3Si. The molecule has 0 saturated carbocycles. The van der Waals surface area contributed by atoms with Crippen molar-refractivity contribution in [3.05, 3.63) is 24.3 Å². The highest BCUT2D eigenvalue weighted by Crippen LogP contribution is 2.01. The van der Waals surface area contributed by atoms with E-state index in [2.05, 4.69) is 17.9 Å². The molecule has 0 saturated heterocycles. The zero-order chi connectivity index (χ0) is 9.72. The second-order valence-corrected chi connectivity index (χ2v) is 3.12. The molecular weight excluding hydrogens is 172 g/mol. The molecule has 0 aromatic rings. The Morgan fingerprint density at radius 2 is 1.83 bits per heavy atom. The molecule has 0 bridgehead atoms. The van der Waals surface area contributed by atoms with Gasteiger partial charge in [-0.1, -0.05) is 13.2 Å². The van der Waals surface area contributed by atoms with Gasteiger partial charge in [0.15, 0.2) is 0 Å². The molecule has 0 spiro atoms. The van der Waals surface area contributed by atoms with Gasteiger partial charge < -0.3 is 4.74 Å². The summed E-state index contributed by atoms with van der Waals surface area (Å²) in [6.07, 6.45) is 0. The number of carbonyl (C=O) groups excluding carboxylic acids is 2. The van der Waals surface area contributed by atoms with Crippen molar-refractivity contribution in [2.24, 2.45) is 0 Å². The van der Waals surface area contributed by atoms with E-state index in [4.69, 9.17) is 0 Å². The Hall–Kier alpha value is -1.16. The van der Waals surface area contributed by atoms with E-state index in [0.717, 1.165) is 10.2 Å². The van der Waals surface area contributed by atoms with E-state index >= 15 is 0 Å². The Bertz CT molecular complexity index is 243. The molecule has 0 heterocycles. The topological polar surface area (TPSA) is 43.4 Å². The number of esters is 2. The minimum absolute atomic E-state index is 0.212. The number of rotatable bonds is 3. The Morgan fingerprint density at radius 1 is 1.33 bits per heavy atom. The summed E-state index contributed by atoms with van der Waals surface area (Å²) < 4.78 is 4.41. The summed E-state index contributed by atoms with van der Waals surface area (Å²) in [5.41, 5.74) is 0.556. The van der Waals surface area contributed by atoms with Crippen molar-refractivity contribution in [1.82, 2.24) is 0 Å². The first kappa shape index (κ1) is 10.8. The van der Waals surface area contributed by atoms with E-state index in [0.29, 0.717) is 11.6 Å². The zero-order valence-corrected chi connectivity index (χ0v) is 9.35. The maximum Gasteiger partial charge on any atom is 0.340 e. The lowest BCUT2D eigenvalue weighted by molar-refractivity contribution is -0.153. The van der Waals surface area contributed by atoms with E-state index in [1.165, 1.54) is 6.92 Å². The fraction of sp³-hybridized carbons (Fsp3) is 0.250. The SMILES string of the molecule is C=C(C)C(=O)OC(=O)C(=C)C[SiH3]. The van der Waals surface area contributed by atoms with E-state index in [1.54, 1.807) is 0 Å². The zero-order valence-electron chi connectivity index (χ0n) is 7.35. The van der Waals surface area contributed by atoms with Gasteiger partial charge in [0.1, 0.15) is 0 Å². The van der Waals surface area contributed by atoms with E-state index < -0.39 is 11.9 Å². The molecule has 3 nitrogen and oxygen atoms in total. The fourth-order valence-corrected chi connectivity index (χ4v) is 0.676. The van der Waals surface area contributed by atoms with Crippen LogP contribution in [0.25, 0.3) is 0 Å². The van der Waals surface area contributed by atoms with Crippen molar-refractivity contribution in [3.63, 3.8) is 0 Å². The molecule has 0 radical (unpaired) electrons. The minimum Gasteiger partial charge on any atom is -0.386 e. The molecule has 0 atom stereocenters. The normalized spacial score (nSPS) is 9.08. The first-order chi connectivity index (χ1) is 5.49. The van der Waals surface area contributed by atoms with Crippen LogP contribution in [0.15, 0.2) is 24.3 Å². The van der Waals surface area contributed by atoms with E-state index in [-0.39, 0.29) is 5.57 Å². The molecule has 0 fully saturated rings. The van der Waals surface area contributed by atoms with Crippen LogP contribution >= 0.6 is 0 Å². The molecule has 66 valence electrons. The third kappa shape index (κ3) is 3.29. The van der Waals surface area contributed by atoms with Gasteiger partial charge in [0.2, 0.25) is 0 Å². The minimum atomic E-state index is -0.684. The van der Waals surface area contributed by atoms with Gasteiger partial charge in [0.05, 0.1) is 0 Å². The maximum atomic E-state index is 10.9. The van der Waals surface area contributed by atoms with Gasteiger partial charge >= 0.3 is 11.9 Å². The summed E-state index contributed by atoms with van der Waals surface area (Å²) in [4.78, 5) is 21.7. The summed E-state index contributed by atoms with van der Waals surface area (Å²) in [7, 11) is 0.833. The lowest BCUT2D eigenvalue weighted by atomic mass is 10.3. The quantitative estimate of drug-likeness (QED) is 0.268. The molecule has 12 heavy (non-hydrogen) atoms. The Morgan fingerprint density at radius 3 is 2.17 bits per heavy atom. The predicted octanol–water partition coefficient (Wildman–Crippen LogP) is -0.0278. The number of carbonyl (C=O) groups is 2. The van der Waals surface area contributed by atoms with Crippen molar-refractivity contribution in [2.45, 2.75) is 13.0 Å². The van der Waals surface area contributed by atoms with Gasteiger partial charge in [-0.25, -0.2) is 9.59 Å². The first-order valence-electron chi connectivity index (χ1n) is 3.58. The highest BCUT2D eigenvalue weighted by molar-refractivity contribution is 6.15. The van der Waals surface area contributed by atoms with Crippen molar-refractivity contribution in [2.75, 3.05) is 0 Å². The monoisotopic (exact) mass is 184 g/mol. The van der Waals surface area contributed by atoms with Crippen LogP contribution in [0.1, 0.15) is 6.92 Å². The predicted molar refractivity (Wildman–Crippen MR) is 49.8 cm³/mol. The third-order valence-corrected chi connectivity index (χ3v) is 2.10. The summed E-state index contributed by atoms with van der Waals surface area (Å²) in [6, 6.07) is 0.613. The highest BCUT2D eigenvalue weighted by atomic mass is 28.1. The lowest BCUT2D eigenvalue weighted by Crippen LogP contribution is -2.13. The molecule has 0 aliphatic carbocycles. The van der Waals surface area contributed by atoms with E-state index in [1.807, 2.05) is 0 Å². The van der Waals surface area contributed by atoms with Crippen molar-refractivity contribution in [1.29, 1.82) is 0 Å². The smallest absolute Gasteiger partial charge is 0.340 e. The summed E-state index contributed by atoms with van der Waals surface area (Å²) in [5.74, 6) is -1.32. The summed E-state index contributed by atoms with van der Waals surface area (Å²) >= 11 is 0. The molecule has 0 N–H and O–H groups in total. The maximum absolute atomic E-state index is 10.9. The van der Waals surface area contributed by atoms with Crippen molar-refractivity contribution >= 4 is 22.2 Å². The summed E-state index contributed by atoms with van der Waals surface area (Å²) in [5, 5.41) is 0. The van der Waals surface area contributed by atoms with E-state index in [9.17, 15) is 9.59 Å². The molecule has 0 unspecified atom stereocenters. The van der Waals surface area contributed by atoms with Crippen molar-refractivity contribution in [3.8, 4) is 0 Å². The van der Waals surface area contributed by atoms with Gasteiger partial charge in [0.25, 0.3) is 0 Å². The van der Waals surface area contributed by atoms with Crippen LogP contribution < -0.4 is 0 Å². The van der Waals surface area contributed by atoms with Gasteiger partial charge in [-0.15, -0.1) is 0 Å². The molecule has 0 aliphatic heterocycles. The van der Waals surface area contributed by atoms with Crippen LogP contribution in [0.5, 0.6) is 0 Å². The number of ether oxygens (including phenoxy) is 1. The molecule has 0 rings (SSSR count). The van der Waals surface area contributed by atoms with Gasteiger partial charge in [-0.05, 0) is 13.0 Å². The summed E-state index contributed by atoms with van der Waals surface area (Å²) in [6.45, 7) is 8.29. The number of hydrogen-bond donors (Lipinski definition) is 0. The van der Waals surface area contributed by atoms with Crippen molar-refractivity contribution < 1.29 is 14.3 Å². The van der Waals surface area contributed by atoms with Gasteiger partial charge in [-0.2, -0.15) is 0 Å². The lowest BCUT2D eigenvalue weighted by Gasteiger charge is -2.01. The van der Waals surface area contributed by atoms with Crippen LogP contribution in [0.2, 0.25) is 6.04 Å². The second-order valence-electron chi connectivity index (χ2n) is 2.41. The molecule has 0 aromatic heterocycles. The van der Waals surface area contributed by atoms with Crippen LogP contribution in [0.4, 0.5) is 0 Å². The standard InChI is InChI=1S/C8H12O3Si/c1-5(2)7(9)11-8(10)6(3)4-12/h1,3-4H2,2,12H3. The van der Waals surface area contributed by atoms with Crippen LogP contribution in [-0.2, 0) is 14.3 Å². The Balaban J connectivity index is 4.11. The number of hydrogen-bond acceptors (Lipinski definition) is 3. The molecule has 0 aliphatic rings. The van der Waals surface area contributed by atoms with Gasteiger partial charge in [-0.3, -0.25) is 0 Å². The average Bonchev–Trinajstić information content (AvgIpc) is 2.02. The molecule has 0 aromatic carbocycles. The Kier molecular flexibility index (Phi) is 4.21. The van der Waals surface area contributed by atoms with Gasteiger partial charge in [0, 0.05) is 21.4 Å². The van der Waals surface area contributed by atoms with Crippen LogP contribution in [0, 0.1) is 0 Å². The molecule has 0 amide bonds. The second kappa shape index (κ2) is 4.66.